The molecule has 118 valence electrons. The van der Waals surface area contributed by atoms with E-state index in [9.17, 15) is 9.59 Å². The molecule has 2 aromatic carbocycles. The maximum Gasteiger partial charge on any atom is 0.335 e. The third-order valence-electron chi connectivity index (χ3n) is 2.74. The summed E-state index contributed by atoms with van der Waals surface area (Å²) in [7, 11) is 0. The van der Waals surface area contributed by atoms with Crippen molar-refractivity contribution >= 4 is 29.7 Å². The molecule has 0 saturated heterocycles. The Balaban J connectivity index is 1.79. The van der Waals surface area contributed by atoms with Gasteiger partial charge in [0, 0.05) is 5.02 Å². The van der Waals surface area contributed by atoms with Gasteiger partial charge in [-0.3, -0.25) is 4.79 Å². The second kappa shape index (κ2) is 7.95. The Morgan fingerprint density at radius 2 is 1.78 bits per heavy atom. The summed E-state index contributed by atoms with van der Waals surface area (Å²) in [6.45, 7) is -0.184. The SMILES string of the molecule is O=C(COc1ccc(Cl)cc1)N/N=C\c1ccc(C(=O)O)cc1. The molecule has 0 atom stereocenters. The van der Waals surface area contributed by atoms with Gasteiger partial charge in [0.1, 0.15) is 5.75 Å². The molecule has 0 aromatic heterocycles. The van der Waals surface area contributed by atoms with E-state index in [-0.39, 0.29) is 12.2 Å². The van der Waals surface area contributed by atoms with Crippen LogP contribution in [0.4, 0.5) is 0 Å². The van der Waals surface area contributed by atoms with Crippen LogP contribution >= 0.6 is 11.6 Å². The van der Waals surface area contributed by atoms with Crippen LogP contribution in [0.15, 0.2) is 53.6 Å². The van der Waals surface area contributed by atoms with Gasteiger partial charge >= 0.3 is 5.97 Å². The van der Waals surface area contributed by atoms with Crippen LogP contribution in [0.1, 0.15) is 15.9 Å². The van der Waals surface area contributed by atoms with E-state index < -0.39 is 11.9 Å². The number of carbonyl (C=O) groups excluding carboxylic acids is 1. The minimum absolute atomic E-state index is 0.183. The number of ether oxygens (including phenoxy) is 1. The normalized spacial score (nSPS) is 10.5. The lowest BCUT2D eigenvalue weighted by molar-refractivity contribution is -0.123. The maximum atomic E-state index is 11.6. The van der Waals surface area contributed by atoms with Crippen LogP contribution in [0.2, 0.25) is 5.02 Å². The van der Waals surface area contributed by atoms with E-state index in [0.29, 0.717) is 16.3 Å². The predicted octanol–water partition coefficient (Wildman–Crippen LogP) is 2.57. The van der Waals surface area contributed by atoms with Crippen molar-refractivity contribution in [3.05, 3.63) is 64.7 Å². The molecule has 0 aliphatic carbocycles. The second-order valence-electron chi connectivity index (χ2n) is 4.46. The zero-order chi connectivity index (χ0) is 16.7. The second-order valence-corrected chi connectivity index (χ2v) is 4.90. The van der Waals surface area contributed by atoms with Gasteiger partial charge in [-0.2, -0.15) is 5.10 Å². The summed E-state index contributed by atoms with van der Waals surface area (Å²) in [4.78, 5) is 22.3. The number of carboxylic acids is 1. The van der Waals surface area contributed by atoms with Crippen molar-refractivity contribution in [3.8, 4) is 5.75 Å². The molecule has 2 aromatic rings. The lowest BCUT2D eigenvalue weighted by atomic mass is 10.1. The Kier molecular flexibility index (Phi) is 5.71. The average Bonchev–Trinajstić information content (AvgIpc) is 2.55. The first-order valence-electron chi connectivity index (χ1n) is 6.58. The lowest BCUT2D eigenvalue weighted by Gasteiger charge is -2.04. The van der Waals surface area contributed by atoms with Gasteiger partial charge in [0.25, 0.3) is 5.91 Å². The quantitative estimate of drug-likeness (QED) is 0.628. The average molecular weight is 333 g/mol. The number of carboxylic acid groups (broad SMARTS) is 1. The number of hydrogen-bond donors (Lipinski definition) is 2. The molecule has 0 bridgehead atoms. The molecule has 0 spiro atoms. The van der Waals surface area contributed by atoms with Gasteiger partial charge in [-0.15, -0.1) is 0 Å². The Morgan fingerprint density at radius 3 is 2.39 bits per heavy atom. The maximum absolute atomic E-state index is 11.6. The number of benzene rings is 2. The summed E-state index contributed by atoms with van der Waals surface area (Å²) in [6.07, 6.45) is 1.41. The first-order valence-corrected chi connectivity index (χ1v) is 6.96. The highest BCUT2D eigenvalue weighted by atomic mass is 35.5. The minimum atomic E-state index is -0.999. The van der Waals surface area contributed by atoms with E-state index in [1.807, 2.05) is 0 Å². The third kappa shape index (κ3) is 5.44. The number of aromatic carboxylic acids is 1. The van der Waals surface area contributed by atoms with Crippen LogP contribution in [0, 0.1) is 0 Å². The highest BCUT2D eigenvalue weighted by molar-refractivity contribution is 6.30. The molecular weight excluding hydrogens is 320 g/mol. The topological polar surface area (TPSA) is 88.0 Å². The fourth-order valence-electron chi connectivity index (χ4n) is 1.60. The molecule has 0 aliphatic heterocycles. The Labute approximate surface area is 137 Å². The summed E-state index contributed by atoms with van der Waals surface area (Å²) in [5, 5.41) is 13.1. The highest BCUT2D eigenvalue weighted by Crippen LogP contribution is 2.15. The van der Waals surface area contributed by atoms with Gasteiger partial charge in [0.15, 0.2) is 6.61 Å². The van der Waals surface area contributed by atoms with E-state index in [0.717, 1.165) is 0 Å². The standard InChI is InChI=1S/C16H13ClN2O4/c17-13-5-7-14(8-6-13)23-10-15(20)19-18-9-11-1-3-12(4-2-11)16(21)22/h1-9H,10H2,(H,19,20)(H,21,22)/b18-9-. The van der Waals surface area contributed by atoms with Crippen LogP contribution in [0.25, 0.3) is 0 Å². The molecule has 23 heavy (non-hydrogen) atoms. The van der Waals surface area contributed by atoms with Crippen molar-refractivity contribution in [1.82, 2.24) is 5.43 Å². The van der Waals surface area contributed by atoms with Crippen molar-refractivity contribution < 1.29 is 19.4 Å². The Morgan fingerprint density at radius 1 is 1.13 bits per heavy atom. The third-order valence-corrected chi connectivity index (χ3v) is 3.00. The number of halogens is 1. The monoisotopic (exact) mass is 332 g/mol. The molecule has 0 heterocycles. The molecule has 0 unspecified atom stereocenters. The van der Waals surface area contributed by atoms with Crippen molar-refractivity contribution in [1.29, 1.82) is 0 Å². The van der Waals surface area contributed by atoms with E-state index in [1.54, 1.807) is 36.4 Å². The molecule has 0 fully saturated rings. The summed E-state index contributed by atoms with van der Waals surface area (Å²) in [6, 6.07) is 12.7. The van der Waals surface area contributed by atoms with Gasteiger partial charge in [-0.25, -0.2) is 10.2 Å². The predicted molar refractivity (Wildman–Crippen MR) is 86.1 cm³/mol. The van der Waals surface area contributed by atoms with Crippen LogP contribution in [0.5, 0.6) is 5.75 Å². The first kappa shape index (κ1) is 16.5. The van der Waals surface area contributed by atoms with E-state index >= 15 is 0 Å². The fraction of sp³-hybridized carbons (Fsp3) is 0.0625. The molecule has 0 radical (unpaired) electrons. The number of hydrazone groups is 1. The van der Waals surface area contributed by atoms with E-state index in [4.69, 9.17) is 21.4 Å². The van der Waals surface area contributed by atoms with Crippen molar-refractivity contribution in [3.63, 3.8) is 0 Å². The van der Waals surface area contributed by atoms with Gasteiger partial charge < -0.3 is 9.84 Å². The molecule has 6 nitrogen and oxygen atoms in total. The van der Waals surface area contributed by atoms with E-state index in [1.165, 1.54) is 18.3 Å². The van der Waals surface area contributed by atoms with Crippen molar-refractivity contribution in [2.45, 2.75) is 0 Å². The van der Waals surface area contributed by atoms with Crippen LogP contribution < -0.4 is 10.2 Å². The number of amides is 1. The lowest BCUT2D eigenvalue weighted by Crippen LogP contribution is -2.24. The number of nitrogens with one attached hydrogen (secondary N) is 1. The minimum Gasteiger partial charge on any atom is -0.484 e. The molecule has 2 rings (SSSR count). The molecule has 2 N–H and O–H groups in total. The summed E-state index contributed by atoms with van der Waals surface area (Å²) in [5.41, 5.74) is 3.16. The molecule has 0 aliphatic rings. The number of hydrogen-bond acceptors (Lipinski definition) is 4. The smallest absolute Gasteiger partial charge is 0.335 e. The molecular formula is C16H13ClN2O4. The molecule has 7 heteroatoms. The van der Waals surface area contributed by atoms with Gasteiger partial charge in [0.05, 0.1) is 11.8 Å². The zero-order valence-corrected chi connectivity index (χ0v) is 12.7. The van der Waals surface area contributed by atoms with Gasteiger partial charge in [-0.1, -0.05) is 23.7 Å². The largest absolute Gasteiger partial charge is 0.484 e. The highest BCUT2D eigenvalue weighted by Gasteiger charge is 2.02. The summed E-state index contributed by atoms with van der Waals surface area (Å²) < 4.78 is 5.26. The van der Waals surface area contributed by atoms with Gasteiger partial charge in [-0.05, 0) is 42.0 Å². The number of rotatable bonds is 6. The first-order chi connectivity index (χ1) is 11.0. The van der Waals surface area contributed by atoms with Crippen LogP contribution in [-0.4, -0.2) is 29.8 Å². The summed E-state index contributed by atoms with van der Waals surface area (Å²) >= 11 is 5.74. The Hall–Kier alpha value is -2.86. The van der Waals surface area contributed by atoms with Crippen LogP contribution in [-0.2, 0) is 4.79 Å². The van der Waals surface area contributed by atoms with E-state index in [2.05, 4.69) is 10.5 Å². The van der Waals surface area contributed by atoms with Crippen molar-refractivity contribution in [2.75, 3.05) is 6.61 Å². The number of nitrogens with zero attached hydrogens (tertiary/aromatic N) is 1. The molecule has 1 amide bonds. The molecule has 0 saturated carbocycles. The Bertz CT molecular complexity index is 712. The zero-order valence-electron chi connectivity index (χ0n) is 11.9. The number of carbonyl (C=O) groups is 2. The van der Waals surface area contributed by atoms with Gasteiger partial charge in [0.2, 0.25) is 0 Å². The van der Waals surface area contributed by atoms with Crippen molar-refractivity contribution in [2.24, 2.45) is 5.10 Å². The fourth-order valence-corrected chi connectivity index (χ4v) is 1.73. The van der Waals surface area contributed by atoms with Crippen LogP contribution in [0.3, 0.4) is 0 Å². The summed E-state index contributed by atoms with van der Waals surface area (Å²) in [5.74, 6) is -0.891.